The predicted octanol–water partition coefficient (Wildman–Crippen LogP) is 3.51. The van der Waals surface area contributed by atoms with Gasteiger partial charge in [-0.2, -0.15) is 0 Å². The van der Waals surface area contributed by atoms with Gasteiger partial charge in [-0.05, 0) is 67.0 Å². The first-order valence-corrected chi connectivity index (χ1v) is 12.4. The fourth-order valence-electron chi connectivity index (χ4n) is 6.85. The molecule has 1 saturated heterocycles. The van der Waals surface area contributed by atoms with Crippen molar-refractivity contribution in [3.63, 3.8) is 0 Å². The molecule has 4 aliphatic rings. The Kier molecular flexibility index (Phi) is 5.32. The summed E-state index contributed by atoms with van der Waals surface area (Å²) in [6.45, 7) is 2.44. The van der Waals surface area contributed by atoms with Crippen molar-refractivity contribution in [2.75, 3.05) is 20.2 Å². The minimum atomic E-state index is -0.804. The van der Waals surface area contributed by atoms with E-state index in [-0.39, 0.29) is 23.2 Å². The van der Waals surface area contributed by atoms with E-state index in [0.717, 1.165) is 43.2 Å². The second kappa shape index (κ2) is 8.23. The molecule has 1 heterocycles. The van der Waals surface area contributed by atoms with Crippen LogP contribution in [-0.2, 0) is 28.0 Å². The number of hydrogen-bond acceptors (Lipinski definition) is 5. The number of likely N-dealkylation sites (tertiary alicyclic amines) is 1. The highest BCUT2D eigenvalue weighted by Gasteiger charge is 2.62. The summed E-state index contributed by atoms with van der Waals surface area (Å²) in [5.41, 5.74) is 3.20. The van der Waals surface area contributed by atoms with E-state index in [1.54, 1.807) is 7.11 Å². The van der Waals surface area contributed by atoms with Gasteiger partial charge in [-0.15, -0.1) is 0 Å². The van der Waals surface area contributed by atoms with Crippen LogP contribution in [0.4, 0.5) is 0 Å². The number of carbonyl (C=O) groups is 1. The van der Waals surface area contributed by atoms with Crippen LogP contribution < -0.4 is 4.74 Å². The largest absolute Gasteiger partial charge is 0.497 e. The third kappa shape index (κ3) is 3.61. The predicted molar refractivity (Wildman–Crippen MR) is 125 cm³/mol. The molecule has 0 amide bonds. The number of ketones is 1. The van der Waals surface area contributed by atoms with Crippen molar-refractivity contribution in [1.82, 2.24) is 4.90 Å². The fourth-order valence-corrected chi connectivity index (χ4v) is 6.85. The van der Waals surface area contributed by atoms with Crippen LogP contribution in [-0.4, -0.2) is 54.2 Å². The standard InChI is InChI=1S/C28H33NO4/c1-32-21-10-9-20-13-23-25-26(31)27(33-17-19-5-3-2-4-6-19)24(30)15-28(25,22(20)14-21)11-12-29(23)16-18-7-8-18/h2-6,9-10,14,18,23,25-27,31H,7-8,11-13,15-17H2,1H3/t23-,25?,26-,27-,28-/m1/s1. The van der Waals surface area contributed by atoms with Gasteiger partial charge in [0.25, 0.3) is 0 Å². The molecule has 2 aromatic rings. The van der Waals surface area contributed by atoms with E-state index < -0.39 is 12.2 Å². The van der Waals surface area contributed by atoms with Gasteiger partial charge >= 0.3 is 0 Å². The molecule has 3 fully saturated rings. The Hall–Kier alpha value is -2.21. The molecular formula is C28H33NO4. The number of aliphatic hydroxyl groups excluding tert-OH is 1. The second-order valence-electron chi connectivity index (χ2n) is 10.5. The molecule has 33 heavy (non-hydrogen) atoms. The van der Waals surface area contributed by atoms with Crippen LogP contribution in [0.1, 0.15) is 42.4 Å². The van der Waals surface area contributed by atoms with Gasteiger partial charge in [-0.3, -0.25) is 9.69 Å². The number of hydrogen-bond donors (Lipinski definition) is 1. The minimum absolute atomic E-state index is 0.0110. The molecule has 0 aromatic heterocycles. The summed E-state index contributed by atoms with van der Waals surface area (Å²) in [7, 11) is 1.69. The average Bonchev–Trinajstić information content (AvgIpc) is 3.65. The van der Waals surface area contributed by atoms with E-state index in [1.807, 2.05) is 36.4 Å². The molecule has 174 valence electrons. The van der Waals surface area contributed by atoms with Crippen molar-refractivity contribution in [1.29, 1.82) is 0 Å². The molecule has 2 saturated carbocycles. The zero-order chi connectivity index (χ0) is 22.6. The lowest BCUT2D eigenvalue weighted by molar-refractivity contribution is -0.172. The van der Waals surface area contributed by atoms with E-state index in [2.05, 4.69) is 17.0 Å². The Morgan fingerprint density at radius 3 is 2.73 bits per heavy atom. The molecular weight excluding hydrogens is 414 g/mol. The van der Waals surface area contributed by atoms with Crippen LogP contribution in [0.3, 0.4) is 0 Å². The van der Waals surface area contributed by atoms with Crippen LogP contribution in [0.5, 0.6) is 5.75 Å². The van der Waals surface area contributed by atoms with E-state index in [4.69, 9.17) is 9.47 Å². The lowest BCUT2D eigenvalue weighted by Gasteiger charge is -2.61. The maximum atomic E-state index is 13.5. The summed E-state index contributed by atoms with van der Waals surface area (Å²) >= 11 is 0. The summed E-state index contributed by atoms with van der Waals surface area (Å²) in [6.07, 6.45) is 3.31. The molecule has 2 aromatic carbocycles. The molecule has 6 rings (SSSR count). The third-order valence-corrected chi connectivity index (χ3v) is 8.60. The molecule has 1 unspecified atom stereocenters. The zero-order valence-electron chi connectivity index (χ0n) is 19.3. The van der Waals surface area contributed by atoms with Gasteiger partial charge < -0.3 is 14.6 Å². The Balaban J connectivity index is 1.36. The lowest BCUT2D eigenvalue weighted by Crippen LogP contribution is -2.69. The number of ether oxygens (including phenoxy) is 2. The number of methoxy groups -OCH3 is 1. The SMILES string of the molecule is COc1ccc2c(c1)[C@]13CCN(CC4CC4)[C@H](C2)C1[C@@H](O)[C@H](OCc1ccccc1)C(=O)C3. The molecule has 0 radical (unpaired) electrons. The zero-order valence-corrected chi connectivity index (χ0v) is 19.3. The molecule has 5 heteroatoms. The highest BCUT2D eigenvalue weighted by molar-refractivity contribution is 5.87. The minimum Gasteiger partial charge on any atom is -0.497 e. The maximum Gasteiger partial charge on any atom is 0.165 e. The van der Waals surface area contributed by atoms with Crippen LogP contribution in [0.15, 0.2) is 48.5 Å². The smallest absolute Gasteiger partial charge is 0.165 e. The number of benzene rings is 2. The van der Waals surface area contributed by atoms with Crippen LogP contribution in [0.2, 0.25) is 0 Å². The van der Waals surface area contributed by atoms with Gasteiger partial charge in [0.2, 0.25) is 0 Å². The third-order valence-electron chi connectivity index (χ3n) is 8.60. The van der Waals surface area contributed by atoms with Gasteiger partial charge in [0.15, 0.2) is 5.78 Å². The molecule has 3 aliphatic carbocycles. The summed E-state index contributed by atoms with van der Waals surface area (Å²) < 4.78 is 11.7. The van der Waals surface area contributed by atoms with Crippen LogP contribution >= 0.6 is 0 Å². The Morgan fingerprint density at radius 2 is 1.97 bits per heavy atom. The van der Waals surface area contributed by atoms with E-state index in [0.29, 0.717) is 13.0 Å². The van der Waals surface area contributed by atoms with E-state index in [1.165, 1.54) is 24.0 Å². The maximum absolute atomic E-state index is 13.5. The summed E-state index contributed by atoms with van der Waals surface area (Å²) in [5.74, 6) is 1.63. The monoisotopic (exact) mass is 447 g/mol. The number of rotatable bonds is 6. The quantitative estimate of drug-likeness (QED) is 0.735. The van der Waals surface area contributed by atoms with Crippen LogP contribution in [0, 0.1) is 11.8 Å². The molecule has 1 N–H and O–H groups in total. The number of carbonyl (C=O) groups excluding carboxylic acids is 1. The number of fused-ring (bicyclic) bond motifs is 1. The van der Waals surface area contributed by atoms with Crippen molar-refractivity contribution in [2.24, 2.45) is 11.8 Å². The average molecular weight is 448 g/mol. The van der Waals surface area contributed by atoms with Crippen molar-refractivity contribution < 1.29 is 19.4 Å². The fraction of sp³-hybridized carbons (Fsp3) is 0.536. The molecule has 5 nitrogen and oxygen atoms in total. The first-order chi connectivity index (χ1) is 16.1. The highest BCUT2D eigenvalue weighted by atomic mass is 16.5. The van der Waals surface area contributed by atoms with Gasteiger partial charge in [-0.25, -0.2) is 0 Å². The number of piperidine rings is 1. The van der Waals surface area contributed by atoms with Gasteiger partial charge in [0, 0.05) is 30.3 Å². The molecule has 5 atom stereocenters. The molecule has 1 aliphatic heterocycles. The van der Waals surface area contributed by atoms with Crippen molar-refractivity contribution in [3.8, 4) is 5.75 Å². The summed E-state index contributed by atoms with van der Waals surface area (Å²) in [5, 5.41) is 11.7. The first-order valence-electron chi connectivity index (χ1n) is 12.4. The van der Waals surface area contributed by atoms with E-state index in [9.17, 15) is 9.90 Å². The summed E-state index contributed by atoms with van der Waals surface area (Å²) in [4.78, 5) is 16.1. The Bertz CT molecular complexity index is 1040. The van der Waals surface area contributed by atoms with Gasteiger partial charge in [0.05, 0.1) is 19.8 Å². The highest BCUT2D eigenvalue weighted by Crippen LogP contribution is 2.56. The molecule has 0 spiro atoms. The van der Waals surface area contributed by atoms with Crippen molar-refractivity contribution in [2.45, 2.75) is 62.4 Å². The van der Waals surface area contributed by atoms with Gasteiger partial charge in [0.1, 0.15) is 11.9 Å². The number of Topliss-reactive ketones (excluding diaryl/α,β-unsaturated/α-hetero) is 1. The van der Waals surface area contributed by atoms with E-state index >= 15 is 0 Å². The number of nitrogens with zero attached hydrogens (tertiary/aromatic N) is 1. The summed E-state index contributed by atoms with van der Waals surface area (Å²) in [6, 6.07) is 16.5. The van der Waals surface area contributed by atoms with Crippen LogP contribution in [0.25, 0.3) is 0 Å². The van der Waals surface area contributed by atoms with Crippen molar-refractivity contribution >= 4 is 5.78 Å². The number of aliphatic hydroxyl groups is 1. The lowest BCUT2D eigenvalue weighted by atomic mass is 9.50. The topological polar surface area (TPSA) is 59.0 Å². The Labute approximate surface area is 195 Å². The first kappa shape index (κ1) is 21.3. The second-order valence-corrected chi connectivity index (χ2v) is 10.5. The normalized spacial score (nSPS) is 33.3. The molecule has 2 bridgehead atoms. The van der Waals surface area contributed by atoms with Crippen molar-refractivity contribution in [3.05, 3.63) is 65.2 Å². The van der Waals surface area contributed by atoms with Gasteiger partial charge in [-0.1, -0.05) is 36.4 Å². The Morgan fingerprint density at radius 1 is 1.15 bits per heavy atom.